The van der Waals surface area contributed by atoms with Crippen LogP contribution in [0.2, 0.25) is 0 Å². The number of hydrogen-bond acceptors (Lipinski definition) is 2. The van der Waals surface area contributed by atoms with Crippen LogP contribution in [0, 0.1) is 5.92 Å². The zero-order valence-electron chi connectivity index (χ0n) is 8.91. The molecule has 14 heavy (non-hydrogen) atoms. The lowest BCUT2D eigenvalue weighted by Gasteiger charge is -2.18. The van der Waals surface area contributed by atoms with E-state index in [-0.39, 0.29) is 5.92 Å². The van der Waals surface area contributed by atoms with Crippen molar-refractivity contribution in [2.45, 2.75) is 25.7 Å². The van der Waals surface area contributed by atoms with Gasteiger partial charge in [-0.1, -0.05) is 39.0 Å². The van der Waals surface area contributed by atoms with Crippen LogP contribution >= 0.6 is 11.8 Å². The Morgan fingerprint density at radius 2 is 1.93 bits per heavy atom. The number of hydrogen-bond donors (Lipinski definition) is 0. The second-order valence-corrected chi connectivity index (χ2v) is 4.13. The highest BCUT2D eigenvalue weighted by atomic mass is 32.2. The molecule has 0 radical (unpaired) electrons. The lowest BCUT2D eigenvalue weighted by atomic mass is 10.0. The van der Waals surface area contributed by atoms with E-state index < -0.39 is 0 Å². The summed E-state index contributed by atoms with van der Waals surface area (Å²) in [5.74, 6) is 1.41. The Kier molecular flexibility index (Phi) is 4.21. The van der Waals surface area contributed by atoms with Gasteiger partial charge in [-0.15, -0.1) is 11.8 Å². The zero-order valence-corrected chi connectivity index (χ0v) is 9.73. The van der Waals surface area contributed by atoms with Crippen molar-refractivity contribution in [3.63, 3.8) is 0 Å². The first-order chi connectivity index (χ1) is 6.79. The first kappa shape index (κ1) is 11.3. The number of carbonyl (C=O) groups excluding carboxylic acids is 1. The van der Waals surface area contributed by atoms with Crippen LogP contribution in [0.25, 0.3) is 0 Å². The van der Waals surface area contributed by atoms with Gasteiger partial charge in [-0.3, -0.25) is 4.79 Å². The van der Waals surface area contributed by atoms with Gasteiger partial charge in [-0.2, -0.15) is 0 Å². The summed E-state index contributed by atoms with van der Waals surface area (Å²) in [7, 11) is 0. The molecule has 1 aromatic rings. The van der Waals surface area contributed by atoms with E-state index in [0.29, 0.717) is 5.78 Å². The molecule has 0 spiro atoms. The fourth-order valence-corrected chi connectivity index (χ4v) is 2.43. The quantitative estimate of drug-likeness (QED) is 0.647. The topological polar surface area (TPSA) is 17.1 Å². The van der Waals surface area contributed by atoms with E-state index in [1.165, 1.54) is 0 Å². The van der Waals surface area contributed by atoms with E-state index in [0.717, 1.165) is 16.2 Å². The SMILES string of the molecule is CC.CC1CSc2ccccc2C1=O. The maximum Gasteiger partial charge on any atom is 0.167 e. The van der Waals surface area contributed by atoms with Gasteiger partial charge < -0.3 is 0 Å². The molecule has 1 aliphatic rings. The molecule has 1 aromatic carbocycles. The van der Waals surface area contributed by atoms with Gasteiger partial charge in [0.2, 0.25) is 0 Å². The van der Waals surface area contributed by atoms with Crippen molar-refractivity contribution >= 4 is 17.5 Å². The van der Waals surface area contributed by atoms with Crippen LogP contribution in [0.1, 0.15) is 31.1 Å². The number of benzene rings is 1. The molecule has 0 aliphatic carbocycles. The standard InChI is InChI=1S/C10H10OS.C2H6/c1-7-6-12-9-5-3-2-4-8(9)10(7)11;1-2/h2-5,7H,6H2,1H3;1-2H3. The largest absolute Gasteiger partial charge is 0.294 e. The summed E-state index contributed by atoms with van der Waals surface area (Å²) in [4.78, 5) is 12.7. The van der Waals surface area contributed by atoms with E-state index in [9.17, 15) is 4.79 Å². The molecule has 0 saturated carbocycles. The van der Waals surface area contributed by atoms with Crippen LogP contribution in [-0.2, 0) is 0 Å². The maximum absolute atomic E-state index is 11.6. The van der Waals surface area contributed by atoms with E-state index >= 15 is 0 Å². The highest BCUT2D eigenvalue weighted by molar-refractivity contribution is 7.99. The Balaban J connectivity index is 0.000000461. The Bertz CT molecular complexity index is 320. The summed E-state index contributed by atoms with van der Waals surface area (Å²) in [5.41, 5.74) is 0.904. The molecular weight excluding hydrogens is 192 g/mol. The summed E-state index contributed by atoms with van der Waals surface area (Å²) in [6.45, 7) is 5.99. The Labute approximate surface area is 89.9 Å². The molecule has 76 valence electrons. The lowest BCUT2D eigenvalue weighted by Crippen LogP contribution is -2.18. The average molecular weight is 208 g/mol. The van der Waals surface area contributed by atoms with Crippen molar-refractivity contribution in [1.82, 2.24) is 0 Å². The molecule has 1 heterocycles. The molecule has 2 heteroatoms. The fourth-order valence-electron chi connectivity index (χ4n) is 1.35. The third-order valence-electron chi connectivity index (χ3n) is 2.09. The minimum atomic E-state index is 0.185. The second kappa shape index (κ2) is 5.20. The molecular formula is C12H16OS. The minimum Gasteiger partial charge on any atom is -0.294 e. The molecule has 0 N–H and O–H groups in total. The highest BCUT2D eigenvalue weighted by Crippen LogP contribution is 2.32. The van der Waals surface area contributed by atoms with Crippen LogP contribution in [0.4, 0.5) is 0 Å². The predicted octanol–water partition coefficient (Wildman–Crippen LogP) is 3.64. The van der Waals surface area contributed by atoms with Gasteiger partial charge in [-0.25, -0.2) is 0 Å². The van der Waals surface area contributed by atoms with Crippen molar-refractivity contribution in [2.75, 3.05) is 5.75 Å². The summed E-state index contributed by atoms with van der Waals surface area (Å²) >= 11 is 1.78. The number of carbonyl (C=O) groups is 1. The molecule has 0 saturated heterocycles. The number of thioether (sulfide) groups is 1. The van der Waals surface area contributed by atoms with E-state index in [2.05, 4.69) is 0 Å². The van der Waals surface area contributed by atoms with Gasteiger partial charge in [0.05, 0.1) is 0 Å². The molecule has 2 rings (SSSR count). The summed E-state index contributed by atoms with van der Waals surface area (Å²) in [6.07, 6.45) is 0. The number of ketones is 1. The van der Waals surface area contributed by atoms with Crippen molar-refractivity contribution < 1.29 is 4.79 Å². The summed E-state index contributed by atoms with van der Waals surface area (Å²) < 4.78 is 0. The molecule has 0 fully saturated rings. The van der Waals surface area contributed by atoms with Crippen LogP contribution in [-0.4, -0.2) is 11.5 Å². The Morgan fingerprint density at radius 1 is 1.29 bits per heavy atom. The third-order valence-corrected chi connectivity index (χ3v) is 3.42. The Morgan fingerprint density at radius 3 is 2.64 bits per heavy atom. The van der Waals surface area contributed by atoms with Gasteiger partial charge in [-0.05, 0) is 6.07 Å². The number of Topliss-reactive ketones (excluding diaryl/α,β-unsaturated/α-hetero) is 1. The van der Waals surface area contributed by atoms with Gasteiger partial charge in [0, 0.05) is 22.1 Å². The summed E-state index contributed by atoms with van der Waals surface area (Å²) in [5, 5.41) is 0. The second-order valence-electron chi connectivity index (χ2n) is 3.07. The van der Waals surface area contributed by atoms with Gasteiger partial charge in [0.15, 0.2) is 5.78 Å². The monoisotopic (exact) mass is 208 g/mol. The van der Waals surface area contributed by atoms with Crippen LogP contribution in [0.15, 0.2) is 29.2 Å². The molecule has 1 atom stereocenters. The first-order valence-corrected chi connectivity index (χ1v) is 6.03. The third kappa shape index (κ3) is 2.18. The lowest BCUT2D eigenvalue weighted by molar-refractivity contribution is 0.0936. The fraction of sp³-hybridized carbons (Fsp3) is 0.417. The molecule has 1 aliphatic heterocycles. The van der Waals surface area contributed by atoms with Gasteiger partial charge in [0.1, 0.15) is 0 Å². The minimum absolute atomic E-state index is 0.185. The van der Waals surface area contributed by atoms with Crippen molar-refractivity contribution in [2.24, 2.45) is 5.92 Å². The van der Waals surface area contributed by atoms with Crippen molar-refractivity contribution in [3.8, 4) is 0 Å². The van der Waals surface area contributed by atoms with Gasteiger partial charge in [0.25, 0.3) is 0 Å². The Hall–Kier alpha value is -0.760. The highest BCUT2D eigenvalue weighted by Gasteiger charge is 2.23. The normalized spacial score (nSPS) is 19.4. The number of fused-ring (bicyclic) bond motifs is 1. The predicted molar refractivity (Wildman–Crippen MR) is 62.0 cm³/mol. The van der Waals surface area contributed by atoms with E-state index in [4.69, 9.17) is 0 Å². The molecule has 0 amide bonds. The van der Waals surface area contributed by atoms with Crippen LogP contribution < -0.4 is 0 Å². The zero-order chi connectivity index (χ0) is 10.6. The first-order valence-electron chi connectivity index (χ1n) is 5.05. The van der Waals surface area contributed by atoms with E-state index in [1.807, 2.05) is 45.0 Å². The van der Waals surface area contributed by atoms with Gasteiger partial charge >= 0.3 is 0 Å². The van der Waals surface area contributed by atoms with E-state index in [1.54, 1.807) is 11.8 Å². The van der Waals surface area contributed by atoms with Crippen molar-refractivity contribution in [3.05, 3.63) is 29.8 Å². The molecule has 0 aromatic heterocycles. The molecule has 1 nitrogen and oxygen atoms in total. The van der Waals surface area contributed by atoms with Crippen molar-refractivity contribution in [1.29, 1.82) is 0 Å². The molecule has 1 unspecified atom stereocenters. The maximum atomic E-state index is 11.6. The molecule has 0 bridgehead atoms. The smallest absolute Gasteiger partial charge is 0.167 e. The number of rotatable bonds is 0. The van der Waals surface area contributed by atoms with Crippen LogP contribution in [0.3, 0.4) is 0 Å². The average Bonchev–Trinajstić information content (AvgIpc) is 2.27. The summed E-state index contributed by atoms with van der Waals surface area (Å²) in [6, 6.07) is 7.84. The van der Waals surface area contributed by atoms with Crippen LogP contribution in [0.5, 0.6) is 0 Å².